The molecule has 0 amide bonds. The molecule has 2 N–H and O–H groups in total. The summed E-state index contributed by atoms with van der Waals surface area (Å²) >= 11 is 7.48. The maximum absolute atomic E-state index is 5.92. The van der Waals surface area contributed by atoms with Crippen molar-refractivity contribution in [2.45, 2.75) is 0 Å². The molecule has 1 heterocycles. The molecule has 0 aliphatic carbocycles. The molecule has 11 heavy (non-hydrogen) atoms. The standard InChI is InChI=1S/C8H6ClNS/c9-6-2-1-3-7-5(6)4-8(10)11-7/h1-4H,10H2. The number of nitrogens with two attached hydrogens (primary N) is 1. The lowest BCUT2D eigenvalue weighted by Crippen LogP contribution is -1.72. The van der Waals surface area contributed by atoms with Gasteiger partial charge in [0.25, 0.3) is 0 Å². The maximum Gasteiger partial charge on any atom is 0.0869 e. The second kappa shape index (κ2) is 2.40. The zero-order chi connectivity index (χ0) is 7.84. The van der Waals surface area contributed by atoms with Crippen molar-refractivity contribution in [3.05, 3.63) is 29.3 Å². The van der Waals surface area contributed by atoms with Crippen LogP contribution in [0, 0.1) is 0 Å². The highest BCUT2D eigenvalue weighted by atomic mass is 35.5. The molecule has 1 nitrogen and oxygen atoms in total. The molecular weight excluding hydrogens is 178 g/mol. The van der Waals surface area contributed by atoms with E-state index < -0.39 is 0 Å². The highest BCUT2D eigenvalue weighted by Gasteiger charge is 2.00. The number of anilines is 1. The molecule has 0 unspecified atom stereocenters. The van der Waals surface area contributed by atoms with Crippen LogP contribution >= 0.6 is 22.9 Å². The highest BCUT2D eigenvalue weighted by Crippen LogP contribution is 2.31. The lowest BCUT2D eigenvalue weighted by molar-refractivity contribution is 1.84. The van der Waals surface area contributed by atoms with Crippen molar-refractivity contribution in [2.24, 2.45) is 0 Å². The molecule has 0 fully saturated rings. The number of hydrogen-bond donors (Lipinski definition) is 1. The van der Waals surface area contributed by atoms with E-state index in [4.69, 9.17) is 17.3 Å². The zero-order valence-corrected chi connectivity index (χ0v) is 7.25. The molecule has 0 saturated carbocycles. The van der Waals surface area contributed by atoms with E-state index in [9.17, 15) is 0 Å². The fourth-order valence-electron chi connectivity index (χ4n) is 1.05. The smallest absolute Gasteiger partial charge is 0.0869 e. The van der Waals surface area contributed by atoms with Gasteiger partial charge in [0.1, 0.15) is 0 Å². The van der Waals surface area contributed by atoms with Crippen molar-refractivity contribution >= 4 is 38.0 Å². The second-order valence-corrected chi connectivity index (χ2v) is 3.82. The van der Waals surface area contributed by atoms with E-state index in [0.717, 1.165) is 20.1 Å². The Bertz CT molecular complexity index is 394. The van der Waals surface area contributed by atoms with Gasteiger partial charge < -0.3 is 5.73 Å². The third-order valence-electron chi connectivity index (χ3n) is 1.53. The van der Waals surface area contributed by atoms with E-state index in [0.29, 0.717) is 0 Å². The van der Waals surface area contributed by atoms with Crippen LogP contribution in [0.25, 0.3) is 10.1 Å². The lowest BCUT2D eigenvalue weighted by atomic mass is 10.3. The number of nitrogen functional groups attached to an aromatic ring is 1. The third-order valence-corrected chi connectivity index (χ3v) is 2.79. The summed E-state index contributed by atoms with van der Waals surface area (Å²) in [6.07, 6.45) is 0. The molecule has 0 saturated heterocycles. The van der Waals surface area contributed by atoms with Crippen LogP contribution in [-0.4, -0.2) is 0 Å². The first kappa shape index (κ1) is 6.95. The number of hydrogen-bond acceptors (Lipinski definition) is 2. The van der Waals surface area contributed by atoms with E-state index >= 15 is 0 Å². The molecule has 0 bridgehead atoms. The number of halogens is 1. The van der Waals surface area contributed by atoms with E-state index in [1.54, 1.807) is 11.3 Å². The van der Waals surface area contributed by atoms with Gasteiger partial charge in [-0.15, -0.1) is 11.3 Å². The summed E-state index contributed by atoms with van der Waals surface area (Å²) in [5, 5.41) is 2.64. The monoisotopic (exact) mass is 183 g/mol. The molecule has 3 heteroatoms. The van der Waals surface area contributed by atoms with E-state index in [1.807, 2.05) is 24.3 Å². The molecule has 2 aromatic rings. The number of thiophene rings is 1. The van der Waals surface area contributed by atoms with Crippen molar-refractivity contribution in [3.8, 4) is 0 Å². The molecular formula is C8H6ClNS. The topological polar surface area (TPSA) is 26.0 Å². The van der Waals surface area contributed by atoms with Crippen LogP contribution in [0.3, 0.4) is 0 Å². The summed E-state index contributed by atoms with van der Waals surface area (Å²) in [6.45, 7) is 0. The largest absolute Gasteiger partial charge is 0.391 e. The maximum atomic E-state index is 5.92. The third kappa shape index (κ3) is 1.08. The zero-order valence-electron chi connectivity index (χ0n) is 5.67. The van der Waals surface area contributed by atoms with Crippen molar-refractivity contribution in [3.63, 3.8) is 0 Å². The van der Waals surface area contributed by atoms with Crippen LogP contribution in [0.5, 0.6) is 0 Å². The van der Waals surface area contributed by atoms with Gasteiger partial charge in [0.2, 0.25) is 0 Å². The molecule has 1 aromatic carbocycles. The first-order valence-corrected chi connectivity index (χ1v) is 4.40. The van der Waals surface area contributed by atoms with Gasteiger partial charge in [-0.05, 0) is 18.2 Å². The molecule has 0 atom stereocenters. The van der Waals surface area contributed by atoms with Crippen LogP contribution in [-0.2, 0) is 0 Å². The van der Waals surface area contributed by atoms with Gasteiger partial charge in [0.05, 0.1) is 5.00 Å². The Hall–Kier alpha value is -0.730. The van der Waals surface area contributed by atoms with Crippen LogP contribution in [0.2, 0.25) is 5.02 Å². The van der Waals surface area contributed by atoms with Gasteiger partial charge in [0.15, 0.2) is 0 Å². The molecule has 1 aromatic heterocycles. The van der Waals surface area contributed by atoms with Crippen LogP contribution in [0.4, 0.5) is 5.00 Å². The number of rotatable bonds is 0. The first-order chi connectivity index (χ1) is 5.27. The van der Waals surface area contributed by atoms with Crippen molar-refractivity contribution in [1.82, 2.24) is 0 Å². The van der Waals surface area contributed by atoms with E-state index in [2.05, 4.69) is 0 Å². The Kier molecular flexibility index (Phi) is 1.51. The average Bonchev–Trinajstić information content (AvgIpc) is 2.31. The minimum atomic E-state index is 0.774. The highest BCUT2D eigenvalue weighted by molar-refractivity contribution is 7.22. The molecule has 0 spiro atoms. The summed E-state index contributed by atoms with van der Waals surface area (Å²) < 4.78 is 1.15. The minimum Gasteiger partial charge on any atom is -0.391 e. The van der Waals surface area contributed by atoms with Crippen molar-refractivity contribution < 1.29 is 0 Å². The van der Waals surface area contributed by atoms with Gasteiger partial charge in [-0.1, -0.05) is 17.7 Å². The number of benzene rings is 1. The van der Waals surface area contributed by atoms with Gasteiger partial charge in [-0.25, -0.2) is 0 Å². The molecule has 0 radical (unpaired) electrons. The van der Waals surface area contributed by atoms with Gasteiger partial charge in [-0.3, -0.25) is 0 Å². The summed E-state index contributed by atoms with van der Waals surface area (Å²) in [4.78, 5) is 0. The normalized spacial score (nSPS) is 10.6. The average molecular weight is 184 g/mol. The van der Waals surface area contributed by atoms with Gasteiger partial charge >= 0.3 is 0 Å². The summed E-state index contributed by atoms with van der Waals surface area (Å²) in [7, 11) is 0. The summed E-state index contributed by atoms with van der Waals surface area (Å²) in [5.74, 6) is 0. The van der Waals surface area contributed by atoms with E-state index in [-0.39, 0.29) is 0 Å². The quantitative estimate of drug-likeness (QED) is 0.667. The van der Waals surface area contributed by atoms with E-state index in [1.165, 1.54) is 0 Å². The predicted molar refractivity (Wildman–Crippen MR) is 51.2 cm³/mol. The minimum absolute atomic E-state index is 0.774. The fraction of sp³-hybridized carbons (Fsp3) is 0. The molecule has 0 aliphatic heterocycles. The summed E-state index contributed by atoms with van der Waals surface area (Å²) in [6, 6.07) is 7.72. The van der Waals surface area contributed by atoms with Crippen LogP contribution in [0.1, 0.15) is 0 Å². The SMILES string of the molecule is Nc1cc2c(Cl)cccc2s1. The van der Waals surface area contributed by atoms with Gasteiger partial charge in [-0.2, -0.15) is 0 Å². The Morgan fingerprint density at radius 1 is 1.36 bits per heavy atom. The fourth-order valence-corrected chi connectivity index (χ4v) is 2.19. The Labute approximate surface area is 73.4 Å². The predicted octanol–water partition coefficient (Wildman–Crippen LogP) is 3.14. The first-order valence-electron chi connectivity index (χ1n) is 3.21. The molecule has 2 rings (SSSR count). The van der Waals surface area contributed by atoms with Crippen LogP contribution < -0.4 is 5.73 Å². The van der Waals surface area contributed by atoms with Crippen LogP contribution in [0.15, 0.2) is 24.3 Å². The number of fused-ring (bicyclic) bond motifs is 1. The molecule has 0 aliphatic rings. The second-order valence-electron chi connectivity index (χ2n) is 2.30. The Balaban J connectivity index is 2.90. The Morgan fingerprint density at radius 2 is 2.18 bits per heavy atom. The Morgan fingerprint density at radius 3 is 2.91 bits per heavy atom. The lowest BCUT2D eigenvalue weighted by Gasteiger charge is -1.89. The van der Waals surface area contributed by atoms with Gasteiger partial charge in [0, 0.05) is 15.1 Å². The van der Waals surface area contributed by atoms with Crippen molar-refractivity contribution in [2.75, 3.05) is 5.73 Å². The molecule has 56 valence electrons. The summed E-state index contributed by atoms with van der Waals surface area (Å²) in [5.41, 5.74) is 5.62. The van der Waals surface area contributed by atoms with Crippen molar-refractivity contribution in [1.29, 1.82) is 0 Å².